The second-order valence-corrected chi connectivity index (χ2v) is 6.01. The van der Waals surface area contributed by atoms with Crippen molar-refractivity contribution in [2.45, 2.75) is 45.1 Å². The summed E-state index contributed by atoms with van der Waals surface area (Å²) >= 11 is 0. The topological polar surface area (TPSA) is 83.9 Å². The highest BCUT2D eigenvalue weighted by atomic mass is 16.5. The van der Waals surface area contributed by atoms with Crippen LogP contribution in [-0.4, -0.2) is 46.9 Å². The van der Waals surface area contributed by atoms with E-state index >= 15 is 0 Å². The van der Waals surface area contributed by atoms with Crippen LogP contribution in [0.2, 0.25) is 0 Å². The van der Waals surface area contributed by atoms with Crippen LogP contribution in [0.5, 0.6) is 5.75 Å². The number of likely N-dealkylation sites (tertiary alicyclic amines) is 1. The first-order valence-electron chi connectivity index (χ1n) is 8.22. The number of carbonyl (C=O) groups excluding carboxylic acids is 2. The van der Waals surface area contributed by atoms with Gasteiger partial charge in [0, 0.05) is 24.6 Å². The van der Waals surface area contributed by atoms with Crippen molar-refractivity contribution in [1.82, 2.24) is 4.90 Å². The molecule has 1 aliphatic heterocycles. The molecule has 1 atom stereocenters. The summed E-state index contributed by atoms with van der Waals surface area (Å²) in [6.07, 6.45) is 2.57. The summed E-state index contributed by atoms with van der Waals surface area (Å²) in [6.45, 7) is 2.56. The van der Waals surface area contributed by atoms with Gasteiger partial charge in [-0.15, -0.1) is 0 Å². The Kier molecular flexibility index (Phi) is 6.35. The minimum absolute atomic E-state index is 0.00530. The molecule has 1 heterocycles. The van der Waals surface area contributed by atoms with Gasteiger partial charge in [-0.3, -0.25) is 14.4 Å². The number of hydrogen-bond donors (Lipinski definition) is 1. The molecule has 0 bridgehead atoms. The summed E-state index contributed by atoms with van der Waals surface area (Å²) in [5.41, 5.74) is 0.635. The molecule has 1 aromatic rings. The van der Waals surface area contributed by atoms with Crippen LogP contribution in [0.3, 0.4) is 0 Å². The highest BCUT2D eigenvalue weighted by Crippen LogP contribution is 2.21. The molecule has 1 N–H and O–H groups in total. The van der Waals surface area contributed by atoms with Crippen LogP contribution >= 0.6 is 0 Å². The van der Waals surface area contributed by atoms with Gasteiger partial charge < -0.3 is 14.7 Å². The van der Waals surface area contributed by atoms with Gasteiger partial charge in [-0.25, -0.2) is 0 Å². The van der Waals surface area contributed by atoms with E-state index in [2.05, 4.69) is 0 Å². The van der Waals surface area contributed by atoms with Crippen LogP contribution in [0, 0.1) is 0 Å². The van der Waals surface area contributed by atoms with Crippen LogP contribution in [0.25, 0.3) is 0 Å². The number of amides is 1. The van der Waals surface area contributed by atoms with Crippen molar-refractivity contribution in [3.63, 3.8) is 0 Å². The lowest BCUT2D eigenvalue weighted by atomic mass is 10.1. The molecule has 1 amide bonds. The van der Waals surface area contributed by atoms with Gasteiger partial charge in [0.15, 0.2) is 5.78 Å². The van der Waals surface area contributed by atoms with E-state index < -0.39 is 5.97 Å². The van der Waals surface area contributed by atoms with Gasteiger partial charge in [0.05, 0.1) is 13.0 Å². The lowest BCUT2D eigenvalue weighted by molar-refractivity contribution is -0.140. The van der Waals surface area contributed by atoms with Crippen molar-refractivity contribution in [3.05, 3.63) is 29.8 Å². The average Bonchev–Trinajstić information content (AvgIpc) is 2.99. The second-order valence-electron chi connectivity index (χ2n) is 6.01. The Morgan fingerprint density at radius 1 is 1.25 bits per heavy atom. The highest BCUT2D eigenvalue weighted by molar-refractivity contribution is 5.94. The molecule has 0 saturated carbocycles. The minimum Gasteiger partial charge on any atom is -0.494 e. The molecular formula is C18H23NO5. The van der Waals surface area contributed by atoms with E-state index in [-0.39, 0.29) is 24.2 Å². The number of benzene rings is 1. The molecule has 0 aliphatic carbocycles. The fourth-order valence-electron chi connectivity index (χ4n) is 2.92. The Balaban J connectivity index is 1.72. The number of carboxylic acids is 1. The van der Waals surface area contributed by atoms with Gasteiger partial charge >= 0.3 is 5.97 Å². The van der Waals surface area contributed by atoms with Crippen LogP contribution in [0.4, 0.5) is 0 Å². The summed E-state index contributed by atoms with van der Waals surface area (Å²) in [5, 5.41) is 8.89. The van der Waals surface area contributed by atoms with Gasteiger partial charge in [-0.05, 0) is 50.5 Å². The molecule has 130 valence electrons. The van der Waals surface area contributed by atoms with Crippen molar-refractivity contribution in [2.75, 3.05) is 13.2 Å². The fraction of sp³-hybridized carbons (Fsp3) is 0.500. The number of rotatable bonds is 8. The molecule has 24 heavy (non-hydrogen) atoms. The zero-order valence-electron chi connectivity index (χ0n) is 13.9. The molecule has 6 nitrogen and oxygen atoms in total. The predicted octanol–water partition coefficient (Wildman–Crippen LogP) is 2.51. The van der Waals surface area contributed by atoms with Crippen LogP contribution in [0.15, 0.2) is 24.3 Å². The standard InChI is InChI=1S/C18H23NO5/c1-13(20)14-6-8-16(9-7-14)24-11-3-5-17(21)19-10-2-4-15(19)12-18(22)23/h6-9,15H,2-5,10-12H2,1H3,(H,22,23). The lowest BCUT2D eigenvalue weighted by Crippen LogP contribution is -2.36. The zero-order valence-corrected chi connectivity index (χ0v) is 13.9. The lowest BCUT2D eigenvalue weighted by Gasteiger charge is -2.23. The number of carbonyl (C=O) groups is 3. The molecule has 0 spiro atoms. The predicted molar refractivity (Wildman–Crippen MR) is 88.2 cm³/mol. The third kappa shape index (κ3) is 5.08. The molecule has 1 fully saturated rings. The van der Waals surface area contributed by atoms with Crippen molar-refractivity contribution in [2.24, 2.45) is 0 Å². The Morgan fingerprint density at radius 2 is 1.96 bits per heavy atom. The van der Waals surface area contributed by atoms with Gasteiger partial charge in [0.25, 0.3) is 0 Å². The molecule has 1 aromatic carbocycles. The Hall–Kier alpha value is -2.37. The van der Waals surface area contributed by atoms with E-state index in [9.17, 15) is 14.4 Å². The second kappa shape index (κ2) is 8.47. The zero-order chi connectivity index (χ0) is 17.5. The summed E-state index contributed by atoms with van der Waals surface area (Å²) < 4.78 is 5.57. The number of ketones is 1. The van der Waals surface area contributed by atoms with E-state index in [0.29, 0.717) is 37.3 Å². The Labute approximate surface area is 141 Å². The minimum atomic E-state index is -0.864. The maximum absolute atomic E-state index is 12.2. The quantitative estimate of drug-likeness (QED) is 0.584. The maximum Gasteiger partial charge on any atom is 0.305 e. The largest absolute Gasteiger partial charge is 0.494 e. The molecule has 0 radical (unpaired) electrons. The van der Waals surface area contributed by atoms with Gasteiger partial charge in [0.1, 0.15) is 5.75 Å². The molecule has 6 heteroatoms. The Morgan fingerprint density at radius 3 is 2.58 bits per heavy atom. The molecule has 1 saturated heterocycles. The fourth-order valence-corrected chi connectivity index (χ4v) is 2.92. The molecule has 2 rings (SSSR count). The first-order chi connectivity index (χ1) is 11.5. The van der Waals surface area contributed by atoms with E-state index in [1.807, 2.05) is 0 Å². The SMILES string of the molecule is CC(=O)c1ccc(OCCCC(=O)N2CCCC2CC(=O)O)cc1. The van der Waals surface area contributed by atoms with Crippen molar-refractivity contribution in [1.29, 1.82) is 0 Å². The van der Waals surface area contributed by atoms with Gasteiger partial charge in [0.2, 0.25) is 5.91 Å². The molecular weight excluding hydrogens is 310 g/mol. The summed E-state index contributed by atoms with van der Waals surface area (Å²) in [4.78, 5) is 35.9. The number of aliphatic carboxylic acids is 1. The summed E-state index contributed by atoms with van der Waals surface area (Å²) in [5.74, 6) is -0.197. The van der Waals surface area contributed by atoms with Crippen molar-refractivity contribution >= 4 is 17.7 Å². The average molecular weight is 333 g/mol. The first-order valence-corrected chi connectivity index (χ1v) is 8.22. The molecule has 1 unspecified atom stereocenters. The number of ether oxygens (including phenoxy) is 1. The van der Waals surface area contributed by atoms with E-state index in [0.717, 1.165) is 12.8 Å². The number of hydrogen-bond acceptors (Lipinski definition) is 4. The normalized spacial score (nSPS) is 16.9. The van der Waals surface area contributed by atoms with E-state index in [1.54, 1.807) is 29.2 Å². The maximum atomic E-state index is 12.2. The third-order valence-corrected chi connectivity index (χ3v) is 4.17. The Bertz CT molecular complexity index is 596. The number of carboxylic acid groups (broad SMARTS) is 1. The van der Waals surface area contributed by atoms with E-state index in [4.69, 9.17) is 9.84 Å². The third-order valence-electron chi connectivity index (χ3n) is 4.17. The molecule has 1 aliphatic rings. The van der Waals surface area contributed by atoms with Crippen molar-refractivity contribution in [3.8, 4) is 5.75 Å². The van der Waals surface area contributed by atoms with Crippen molar-refractivity contribution < 1.29 is 24.2 Å². The summed E-state index contributed by atoms with van der Waals surface area (Å²) in [6, 6.07) is 6.73. The summed E-state index contributed by atoms with van der Waals surface area (Å²) in [7, 11) is 0. The number of nitrogens with zero attached hydrogens (tertiary/aromatic N) is 1. The van der Waals surface area contributed by atoms with Crippen LogP contribution in [0.1, 0.15) is 49.4 Å². The monoisotopic (exact) mass is 333 g/mol. The smallest absolute Gasteiger partial charge is 0.305 e. The highest BCUT2D eigenvalue weighted by Gasteiger charge is 2.29. The van der Waals surface area contributed by atoms with Gasteiger partial charge in [-0.1, -0.05) is 0 Å². The molecule has 0 aromatic heterocycles. The van der Waals surface area contributed by atoms with Crippen LogP contribution < -0.4 is 4.74 Å². The van der Waals surface area contributed by atoms with Crippen LogP contribution in [-0.2, 0) is 9.59 Å². The van der Waals surface area contributed by atoms with Gasteiger partial charge in [-0.2, -0.15) is 0 Å². The van der Waals surface area contributed by atoms with E-state index in [1.165, 1.54) is 6.92 Å². The number of Topliss-reactive ketones (excluding diaryl/α,β-unsaturated/α-hetero) is 1. The first kappa shape index (κ1) is 18.0.